The minimum atomic E-state index is -1.04. The third-order valence-electron chi connectivity index (χ3n) is 2.59. The van der Waals surface area contributed by atoms with Crippen LogP contribution in [0.5, 0.6) is 11.5 Å². The number of hydrogen-bond donors (Lipinski definition) is 3. The molecule has 0 unspecified atom stereocenters. The molecule has 0 amide bonds. The molecule has 2 aromatic rings. The Balaban J connectivity index is 2.26. The number of aliphatic hydroxyl groups is 1. The van der Waals surface area contributed by atoms with Crippen LogP contribution >= 0.6 is 0 Å². The topological polar surface area (TPSA) is 92.8 Å². The van der Waals surface area contributed by atoms with Crippen molar-refractivity contribution in [1.82, 2.24) is 0 Å². The molecule has 0 bridgehead atoms. The standard InChI is InChI=1S/C14H13NO4/c15-12-6-3-10(14(17)18)7-13(12)19-11-4-1-9(8-16)2-5-11/h1-7,16H,8,15H2,(H,17,18). The molecule has 0 fully saturated rings. The van der Waals surface area contributed by atoms with Crippen LogP contribution in [0.15, 0.2) is 42.5 Å². The zero-order valence-corrected chi connectivity index (χ0v) is 10.0. The smallest absolute Gasteiger partial charge is 0.335 e. The number of hydrogen-bond acceptors (Lipinski definition) is 4. The van der Waals surface area contributed by atoms with Crippen molar-refractivity contribution in [1.29, 1.82) is 0 Å². The van der Waals surface area contributed by atoms with Crippen molar-refractivity contribution in [2.24, 2.45) is 0 Å². The molecule has 0 aliphatic carbocycles. The molecule has 5 heteroatoms. The van der Waals surface area contributed by atoms with E-state index < -0.39 is 5.97 Å². The van der Waals surface area contributed by atoms with Crippen LogP contribution in [0.3, 0.4) is 0 Å². The Morgan fingerprint density at radius 3 is 2.42 bits per heavy atom. The molecule has 0 saturated heterocycles. The van der Waals surface area contributed by atoms with Gasteiger partial charge in [0.25, 0.3) is 0 Å². The minimum absolute atomic E-state index is 0.0447. The Morgan fingerprint density at radius 1 is 1.16 bits per heavy atom. The summed E-state index contributed by atoms with van der Waals surface area (Å²) in [5, 5.41) is 17.8. The van der Waals surface area contributed by atoms with E-state index in [0.29, 0.717) is 11.4 Å². The summed E-state index contributed by atoms with van der Waals surface area (Å²) in [6.07, 6.45) is 0. The molecule has 2 rings (SSSR count). The predicted octanol–water partition coefficient (Wildman–Crippen LogP) is 2.25. The fraction of sp³-hybridized carbons (Fsp3) is 0.0714. The van der Waals surface area contributed by atoms with Gasteiger partial charge in [0.15, 0.2) is 5.75 Å². The molecule has 98 valence electrons. The van der Waals surface area contributed by atoms with Crippen molar-refractivity contribution >= 4 is 11.7 Å². The zero-order chi connectivity index (χ0) is 13.8. The largest absolute Gasteiger partial charge is 0.478 e. The number of anilines is 1. The highest BCUT2D eigenvalue weighted by Crippen LogP contribution is 2.28. The normalized spacial score (nSPS) is 10.2. The number of rotatable bonds is 4. The molecule has 0 aliphatic heterocycles. The van der Waals surface area contributed by atoms with E-state index in [1.165, 1.54) is 18.2 Å². The van der Waals surface area contributed by atoms with E-state index in [0.717, 1.165) is 5.56 Å². The minimum Gasteiger partial charge on any atom is -0.478 e. The molecule has 4 N–H and O–H groups in total. The van der Waals surface area contributed by atoms with Crippen LogP contribution in [-0.4, -0.2) is 16.2 Å². The highest BCUT2D eigenvalue weighted by Gasteiger charge is 2.08. The molecule has 19 heavy (non-hydrogen) atoms. The quantitative estimate of drug-likeness (QED) is 0.732. The number of carbonyl (C=O) groups is 1. The van der Waals surface area contributed by atoms with Gasteiger partial charge in [0.1, 0.15) is 5.75 Å². The van der Waals surface area contributed by atoms with Crippen LogP contribution in [0.1, 0.15) is 15.9 Å². The number of carboxylic acid groups (broad SMARTS) is 1. The summed E-state index contributed by atoms with van der Waals surface area (Å²) >= 11 is 0. The maximum atomic E-state index is 10.9. The Bertz CT molecular complexity index is 593. The number of benzene rings is 2. The molecule has 0 aliphatic rings. The second kappa shape index (κ2) is 5.41. The lowest BCUT2D eigenvalue weighted by Crippen LogP contribution is -1.99. The van der Waals surface area contributed by atoms with E-state index in [1.807, 2.05) is 0 Å². The van der Waals surface area contributed by atoms with E-state index in [-0.39, 0.29) is 17.9 Å². The molecule has 0 spiro atoms. The van der Waals surface area contributed by atoms with Gasteiger partial charge in [-0.2, -0.15) is 0 Å². The van der Waals surface area contributed by atoms with E-state index in [2.05, 4.69) is 0 Å². The second-order valence-electron chi connectivity index (χ2n) is 3.96. The Labute approximate surface area is 109 Å². The maximum Gasteiger partial charge on any atom is 0.335 e. The molecule has 0 heterocycles. The number of carboxylic acids is 1. The fourth-order valence-corrected chi connectivity index (χ4v) is 1.55. The number of aliphatic hydroxyl groups excluding tert-OH is 1. The first kappa shape index (κ1) is 12.9. The van der Waals surface area contributed by atoms with Crippen LogP contribution < -0.4 is 10.5 Å². The van der Waals surface area contributed by atoms with Gasteiger partial charge in [0.05, 0.1) is 17.9 Å². The number of aromatic carboxylic acids is 1. The van der Waals surface area contributed by atoms with Gasteiger partial charge in [0, 0.05) is 0 Å². The molecule has 0 radical (unpaired) electrons. The fourth-order valence-electron chi connectivity index (χ4n) is 1.55. The molecule has 0 aromatic heterocycles. The molecular weight excluding hydrogens is 246 g/mol. The van der Waals surface area contributed by atoms with Gasteiger partial charge in [-0.05, 0) is 35.9 Å². The lowest BCUT2D eigenvalue weighted by atomic mass is 10.2. The summed E-state index contributed by atoms with van der Waals surface area (Å²) in [5.41, 5.74) is 6.96. The van der Waals surface area contributed by atoms with Crippen LogP contribution in [-0.2, 0) is 6.61 Å². The SMILES string of the molecule is Nc1ccc(C(=O)O)cc1Oc1ccc(CO)cc1. The Hall–Kier alpha value is -2.53. The van der Waals surface area contributed by atoms with E-state index in [1.54, 1.807) is 24.3 Å². The molecule has 2 aromatic carbocycles. The highest BCUT2D eigenvalue weighted by atomic mass is 16.5. The zero-order valence-electron chi connectivity index (χ0n) is 10.0. The van der Waals surface area contributed by atoms with Gasteiger partial charge in [-0.3, -0.25) is 0 Å². The number of nitrogen functional groups attached to an aromatic ring is 1. The van der Waals surface area contributed by atoms with Crippen LogP contribution in [0.4, 0.5) is 5.69 Å². The van der Waals surface area contributed by atoms with Crippen LogP contribution in [0.25, 0.3) is 0 Å². The number of nitrogens with two attached hydrogens (primary N) is 1. The van der Waals surface area contributed by atoms with Gasteiger partial charge in [-0.15, -0.1) is 0 Å². The molecule has 5 nitrogen and oxygen atoms in total. The first-order valence-corrected chi connectivity index (χ1v) is 5.60. The summed E-state index contributed by atoms with van der Waals surface area (Å²) in [7, 11) is 0. The summed E-state index contributed by atoms with van der Waals surface area (Å²) in [6, 6.07) is 11.1. The summed E-state index contributed by atoms with van der Waals surface area (Å²) in [4.78, 5) is 10.9. The monoisotopic (exact) mass is 259 g/mol. The lowest BCUT2D eigenvalue weighted by molar-refractivity contribution is 0.0696. The van der Waals surface area contributed by atoms with Crippen LogP contribution in [0.2, 0.25) is 0 Å². The van der Waals surface area contributed by atoms with Gasteiger partial charge in [0.2, 0.25) is 0 Å². The van der Waals surface area contributed by atoms with Crippen molar-refractivity contribution in [3.8, 4) is 11.5 Å². The first-order valence-electron chi connectivity index (χ1n) is 5.60. The van der Waals surface area contributed by atoms with Crippen molar-refractivity contribution in [2.75, 3.05) is 5.73 Å². The van der Waals surface area contributed by atoms with Crippen molar-refractivity contribution in [3.05, 3.63) is 53.6 Å². The average molecular weight is 259 g/mol. The first-order chi connectivity index (χ1) is 9.10. The highest BCUT2D eigenvalue weighted by molar-refractivity contribution is 5.89. The summed E-state index contributed by atoms with van der Waals surface area (Å²) in [5.74, 6) is -0.233. The Morgan fingerprint density at radius 2 is 1.84 bits per heavy atom. The average Bonchev–Trinajstić information content (AvgIpc) is 2.42. The van der Waals surface area contributed by atoms with Gasteiger partial charge >= 0.3 is 5.97 Å². The second-order valence-corrected chi connectivity index (χ2v) is 3.96. The van der Waals surface area contributed by atoms with Crippen molar-refractivity contribution in [2.45, 2.75) is 6.61 Å². The van der Waals surface area contributed by atoms with Gasteiger partial charge in [-0.25, -0.2) is 4.79 Å². The predicted molar refractivity (Wildman–Crippen MR) is 70.3 cm³/mol. The van der Waals surface area contributed by atoms with Crippen LogP contribution in [0, 0.1) is 0 Å². The van der Waals surface area contributed by atoms with E-state index in [4.69, 9.17) is 20.7 Å². The Kier molecular flexibility index (Phi) is 3.68. The third kappa shape index (κ3) is 3.02. The summed E-state index contributed by atoms with van der Waals surface area (Å²) < 4.78 is 5.53. The van der Waals surface area contributed by atoms with Crippen molar-refractivity contribution < 1.29 is 19.7 Å². The number of ether oxygens (including phenoxy) is 1. The van der Waals surface area contributed by atoms with Crippen molar-refractivity contribution in [3.63, 3.8) is 0 Å². The molecule has 0 atom stereocenters. The maximum absolute atomic E-state index is 10.9. The van der Waals surface area contributed by atoms with Gasteiger partial charge < -0.3 is 20.7 Å². The van der Waals surface area contributed by atoms with E-state index in [9.17, 15) is 4.79 Å². The lowest BCUT2D eigenvalue weighted by Gasteiger charge is -2.09. The molecular formula is C14H13NO4. The van der Waals surface area contributed by atoms with Gasteiger partial charge in [-0.1, -0.05) is 12.1 Å². The molecule has 0 saturated carbocycles. The summed E-state index contributed by atoms with van der Waals surface area (Å²) in [6.45, 7) is -0.0447. The van der Waals surface area contributed by atoms with E-state index >= 15 is 0 Å². The third-order valence-corrected chi connectivity index (χ3v) is 2.59.